The molecule has 82 valence electrons. The van der Waals surface area contributed by atoms with Crippen molar-refractivity contribution >= 4 is 5.78 Å². The van der Waals surface area contributed by atoms with Crippen LogP contribution in [0.15, 0.2) is 12.4 Å². The Morgan fingerprint density at radius 3 is 2.93 bits per heavy atom. The fraction of sp³-hybridized carbons (Fsp3) is 0.600. The molecule has 1 aromatic rings. The van der Waals surface area contributed by atoms with E-state index < -0.39 is 0 Å². The van der Waals surface area contributed by atoms with Crippen LogP contribution < -0.4 is 0 Å². The fourth-order valence-corrected chi connectivity index (χ4v) is 1.57. The van der Waals surface area contributed by atoms with Gasteiger partial charge in [0.2, 0.25) is 0 Å². The Hall–Kier alpha value is -1.20. The first-order valence-electron chi connectivity index (χ1n) is 4.96. The Balaban J connectivity index is 1.81. The molecule has 0 aliphatic carbocycles. The maximum Gasteiger partial charge on any atom is 0.164 e. The molecule has 0 amide bonds. The SMILES string of the molecule is Cn1cc(CC(=O)CC2OCCO2)cn1. The third-order valence-electron chi connectivity index (χ3n) is 2.24. The highest BCUT2D eigenvalue weighted by Gasteiger charge is 2.19. The molecule has 0 saturated carbocycles. The molecule has 0 bridgehead atoms. The van der Waals surface area contributed by atoms with Gasteiger partial charge in [0, 0.05) is 19.7 Å². The van der Waals surface area contributed by atoms with Crippen LogP contribution in [-0.4, -0.2) is 35.1 Å². The highest BCUT2D eigenvalue weighted by molar-refractivity contribution is 5.81. The number of aromatic nitrogens is 2. The van der Waals surface area contributed by atoms with E-state index in [1.54, 1.807) is 10.9 Å². The molecule has 0 N–H and O–H groups in total. The summed E-state index contributed by atoms with van der Waals surface area (Å²) in [6, 6.07) is 0. The molecule has 0 unspecified atom stereocenters. The van der Waals surface area contributed by atoms with Gasteiger partial charge in [0.15, 0.2) is 6.29 Å². The number of ketones is 1. The molecular formula is C10H14N2O3. The van der Waals surface area contributed by atoms with E-state index in [1.807, 2.05) is 13.2 Å². The van der Waals surface area contributed by atoms with Crippen molar-refractivity contribution in [1.82, 2.24) is 9.78 Å². The van der Waals surface area contributed by atoms with E-state index in [0.29, 0.717) is 26.1 Å². The Morgan fingerprint density at radius 1 is 1.60 bits per heavy atom. The first-order chi connectivity index (χ1) is 7.24. The smallest absolute Gasteiger partial charge is 0.164 e. The number of ether oxygens (including phenoxy) is 2. The minimum Gasteiger partial charge on any atom is -0.350 e. The molecule has 1 aromatic heterocycles. The molecule has 1 aliphatic heterocycles. The molecule has 1 aliphatic rings. The maximum atomic E-state index is 11.6. The minimum absolute atomic E-state index is 0.120. The Kier molecular flexibility index (Phi) is 3.13. The lowest BCUT2D eigenvalue weighted by Gasteiger charge is -2.06. The van der Waals surface area contributed by atoms with E-state index >= 15 is 0 Å². The quantitative estimate of drug-likeness (QED) is 0.717. The standard InChI is InChI=1S/C10H14N2O3/c1-12-7-8(6-11-12)4-9(13)5-10-14-2-3-15-10/h6-7,10H,2-5H2,1H3. The van der Waals surface area contributed by atoms with Gasteiger partial charge in [-0.3, -0.25) is 9.48 Å². The number of carbonyl (C=O) groups is 1. The van der Waals surface area contributed by atoms with E-state index in [-0.39, 0.29) is 12.1 Å². The maximum absolute atomic E-state index is 11.6. The first-order valence-corrected chi connectivity index (χ1v) is 4.96. The van der Waals surface area contributed by atoms with E-state index in [0.717, 1.165) is 5.56 Å². The molecule has 5 heteroatoms. The third kappa shape index (κ3) is 2.87. The van der Waals surface area contributed by atoms with Gasteiger partial charge in [0.1, 0.15) is 5.78 Å². The summed E-state index contributed by atoms with van der Waals surface area (Å²) in [7, 11) is 1.83. The van der Waals surface area contributed by atoms with Gasteiger partial charge in [-0.1, -0.05) is 0 Å². The second-order valence-corrected chi connectivity index (χ2v) is 3.61. The summed E-state index contributed by atoms with van der Waals surface area (Å²) in [5, 5.41) is 4.00. The molecule has 1 saturated heterocycles. The van der Waals surface area contributed by atoms with Crippen molar-refractivity contribution in [1.29, 1.82) is 0 Å². The summed E-state index contributed by atoms with van der Waals surface area (Å²) < 4.78 is 12.1. The predicted octanol–water partition coefficient (Wildman–Crippen LogP) is 0.295. The van der Waals surface area contributed by atoms with Crippen LogP contribution in [0.1, 0.15) is 12.0 Å². The zero-order valence-corrected chi connectivity index (χ0v) is 8.68. The monoisotopic (exact) mass is 210 g/mol. The molecule has 5 nitrogen and oxygen atoms in total. The van der Waals surface area contributed by atoms with E-state index in [4.69, 9.17) is 9.47 Å². The van der Waals surface area contributed by atoms with Crippen LogP contribution in [-0.2, 0) is 27.7 Å². The van der Waals surface area contributed by atoms with Crippen molar-refractivity contribution in [2.24, 2.45) is 7.05 Å². The predicted molar refractivity (Wildman–Crippen MR) is 52.2 cm³/mol. The molecule has 15 heavy (non-hydrogen) atoms. The molecule has 2 heterocycles. The number of rotatable bonds is 4. The topological polar surface area (TPSA) is 53.4 Å². The highest BCUT2D eigenvalue weighted by atomic mass is 16.7. The highest BCUT2D eigenvalue weighted by Crippen LogP contribution is 2.10. The summed E-state index contributed by atoms with van der Waals surface area (Å²) in [4.78, 5) is 11.6. The zero-order chi connectivity index (χ0) is 10.7. The van der Waals surface area contributed by atoms with E-state index in [1.165, 1.54) is 0 Å². The average molecular weight is 210 g/mol. The number of Topliss-reactive ketones (excluding diaryl/α,β-unsaturated/α-hetero) is 1. The molecule has 0 radical (unpaired) electrons. The van der Waals surface area contributed by atoms with Crippen molar-refractivity contribution < 1.29 is 14.3 Å². The van der Waals surface area contributed by atoms with Crippen LogP contribution in [0.5, 0.6) is 0 Å². The largest absolute Gasteiger partial charge is 0.350 e. The Morgan fingerprint density at radius 2 is 2.33 bits per heavy atom. The zero-order valence-electron chi connectivity index (χ0n) is 8.68. The van der Waals surface area contributed by atoms with Crippen molar-refractivity contribution in [2.75, 3.05) is 13.2 Å². The van der Waals surface area contributed by atoms with Crippen LogP contribution in [0.4, 0.5) is 0 Å². The van der Waals surface area contributed by atoms with Crippen LogP contribution >= 0.6 is 0 Å². The molecule has 0 spiro atoms. The van der Waals surface area contributed by atoms with Crippen molar-refractivity contribution in [2.45, 2.75) is 19.1 Å². The first kappa shape index (κ1) is 10.3. The molecule has 1 fully saturated rings. The lowest BCUT2D eigenvalue weighted by molar-refractivity contribution is -0.126. The second kappa shape index (κ2) is 4.55. The molecule has 2 rings (SSSR count). The van der Waals surface area contributed by atoms with Crippen LogP contribution in [0.25, 0.3) is 0 Å². The van der Waals surface area contributed by atoms with Gasteiger partial charge in [-0.05, 0) is 5.56 Å². The lowest BCUT2D eigenvalue weighted by Crippen LogP contribution is -2.15. The minimum atomic E-state index is -0.339. The van der Waals surface area contributed by atoms with E-state index in [2.05, 4.69) is 5.10 Å². The van der Waals surface area contributed by atoms with Gasteiger partial charge in [-0.25, -0.2) is 0 Å². The van der Waals surface area contributed by atoms with Gasteiger partial charge in [0.25, 0.3) is 0 Å². The van der Waals surface area contributed by atoms with E-state index in [9.17, 15) is 4.79 Å². The van der Waals surface area contributed by atoms with Crippen LogP contribution in [0.3, 0.4) is 0 Å². The van der Waals surface area contributed by atoms with Crippen molar-refractivity contribution in [3.63, 3.8) is 0 Å². The van der Waals surface area contributed by atoms with Crippen LogP contribution in [0.2, 0.25) is 0 Å². The lowest BCUT2D eigenvalue weighted by atomic mass is 10.1. The van der Waals surface area contributed by atoms with Gasteiger partial charge < -0.3 is 9.47 Å². The number of aryl methyl sites for hydroxylation is 1. The number of hydrogen-bond acceptors (Lipinski definition) is 4. The summed E-state index contributed by atoms with van der Waals surface area (Å²) in [5.74, 6) is 0.120. The summed E-state index contributed by atoms with van der Waals surface area (Å²) in [6.45, 7) is 1.18. The van der Waals surface area contributed by atoms with Crippen molar-refractivity contribution in [3.8, 4) is 0 Å². The normalized spacial score (nSPS) is 17.1. The second-order valence-electron chi connectivity index (χ2n) is 3.61. The Bertz CT molecular complexity index is 342. The van der Waals surface area contributed by atoms with Gasteiger partial charge in [-0.15, -0.1) is 0 Å². The summed E-state index contributed by atoms with van der Waals surface area (Å²) >= 11 is 0. The summed E-state index contributed by atoms with van der Waals surface area (Å²) in [5.41, 5.74) is 0.931. The van der Waals surface area contributed by atoms with Crippen molar-refractivity contribution in [3.05, 3.63) is 18.0 Å². The van der Waals surface area contributed by atoms with Gasteiger partial charge in [0.05, 0.1) is 25.8 Å². The average Bonchev–Trinajstić information content (AvgIpc) is 2.77. The molecular weight excluding hydrogens is 196 g/mol. The third-order valence-corrected chi connectivity index (χ3v) is 2.24. The van der Waals surface area contributed by atoms with Crippen LogP contribution in [0, 0.1) is 0 Å². The van der Waals surface area contributed by atoms with Gasteiger partial charge >= 0.3 is 0 Å². The summed E-state index contributed by atoms with van der Waals surface area (Å²) in [6.07, 6.45) is 3.93. The number of carbonyl (C=O) groups excluding carboxylic acids is 1. The molecule has 0 atom stereocenters. The number of hydrogen-bond donors (Lipinski definition) is 0. The van der Waals surface area contributed by atoms with Gasteiger partial charge in [-0.2, -0.15) is 5.10 Å². The Labute approximate surface area is 88.0 Å². The number of nitrogens with zero attached hydrogens (tertiary/aromatic N) is 2. The fourth-order valence-electron chi connectivity index (χ4n) is 1.57. The molecule has 0 aromatic carbocycles.